The highest BCUT2D eigenvalue weighted by Crippen LogP contribution is 2.27. The van der Waals surface area contributed by atoms with Crippen LogP contribution in [0.25, 0.3) is 10.9 Å². The summed E-state index contributed by atoms with van der Waals surface area (Å²) in [5.41, 5.74) is 3.30. The zero-order chi connectivity index (χ0) is 18.5. The van der Waals surface area contributed by atoms with Crippen LogP contribution in [-0.2, 0) is 0 Å². The first-order valence-electron chi connectivity index (χ1n) is 8.60. The summed E-state index contributed by atoms with van der Waals surface area (Å²) in [6.45, 7) is 3.95. The summed E-state index contributed by atoms with van der Waals surface area (Å²) < 4.78 is 5.49. The molecule has 2 N–H and O–H groups in total. The molecule has 1 atom stereocenters. The number of para-hydroxylation sites is 1. The molecular formula is C21H22N2O3. The normalized spacial score (nSPS) is 12.0. The summed E-state index contributed by atoms with van der Waals surface area (Å²) in [4.78, 5) is 17.1. The van der Waals surface area contributed by atoms with Crippen molar-refractivity contribution in [2.75, 3.05) is 13.2 Å². The van der Waals surface area contributed by atoms with Crippen LogP contribution in [0.3, 0.4) is 0 Å². The second-order valence-electron chi connectivity index (χ2n) is 6.15. The third-order valence-corrected chi connectivity index (χ3v) is 4.27. The third kappa shape index (κ3) is 3.83. The smallest absolute Gasteiger partial charge is 0.252 e. The molecule has 1 aromatic heterocycles. The molecule has 26 heavy (non-hydrogen) atoms. The Morgan fingerprint density at radius 3 is 2.69 bits per heavy atom. The molecule has 5 heteroatoms. The first-order chi connectivity index (χ1) is 12.6. The van der Waals surface area contributed by atoms with Gasteiger partial charge in [-0.15, -0.1) is 0 Å². The van der Waals surface area contributed by atoms with E-state index in [4.69, 9.17) is 9.84 Å². The summed E-state index contributed by atoms with van der Waals surface area (Å²) in [5.74, 6) is 0.319. The van der Waals surface area contributed by atoms with Crippen molar-refractivity contribution in [3.05, 3.63) is 71.3 Å². The van der Waals surface area contributed by atoms with Gasteiger partial charge in [0, 0.05) is 17.0 Å². The lowest BCUT2D eigenvalue weighted by Gasteiger charge is -2.18. The van der Waals surface area contributed by atoms with Gasteiger partial charge in [0.25, 0.3) is 5.91 Å². The molecule has 0 saturated carbocycles. The number of hydrogen-bond donors (Lipinski definition) is 2. The number of aromatic nitrogens is 1. The monoisotopic (exact) mass is 350 g/mol. The molecule has 0 aliphatic heterocycles. The van der Waals surface area contributed by atoms with Gasteiger partial charge in [-0.05, 0) is 37.1 Å². The van der Waals surface area contributed by atoms with E-state index in [1.807, 2.05) is 68.4 Å². The molecule has 1 heterocycles. The van der Waals surface area contributed by atoms with E-state index in [1.54, 1.807) is 0 Å². The van der Waals surface area contributed by atoms with Crippen LogP contribution in [0.15, 0.2) is 54.6 Å². The van der Waals surface area contributed by atoms with E-state index in [1.165, 1.54) is 0 Å². The molecule has 0 unspecified atom stereocenters. The minimum Gasteiger partial charge on any atom is -0.475 e. The molecule has 1 amide bonds. The molecule has 5 nitrogen and oxygen atoms in total. The van der Waals surface area contributed by atoms with E-state index in [9.17, 15) is 4.79 Å². The van der Waals surface area contributed by atoms with Crippen molar-refractivity contribution < 1.29 is 14.6 Å². The maximum absolute atomic E-state index is 12.7. The Balaban J connectivity index is 1.92. The zero-order valence-corrected chi connectivity index (χ0v) is 14.9. The number of benzene rings is 2. The van der Waals surface area contributed by atoms with Crippen molar-refractivity contribution in [1.29, 1.82) is 0 Å². The van der Waals surface area contributed by atoms with Crippen molar-refractivity contribution in [1.82, 2.24) is 10.3 Å². The maximum atomic E-state index is 12.7. The lowest BCUT2D eigenvalue weighted by molar-refractivity contribution is 0.0939. The quantitative estimate of drug-likeness (QED) is 0.715. The lowest BCUT2D eigenvalue weighted by atomic mass is 10.0. The van der Waals surface area contributed by atoms with E-state index < -0.39 is 0 Å². The van der Waals surface area contributed by atoms with E-state index >= 15 is 0 Å². The summed E-state index contributed by atoms with van der Waals surface area (Å²) >= 11 is 0. The van der Waals surface area contributed by atoms with Crippen LogP contribution in [0.1, 0.15) is 34.5 Å². The van der Waals surface area contributed by atoms with Crippen LogP contribution < -0.4 is 10.1 Å². The maximum Gasteiger partial charge on any atom is 0.252 e. The topological polar surface area (TPSA) is 71.5 Å². The van der Waals surface area contributed by atoms with E-state index in [-0.39, 0.29) is 25.2 Å². The highest BCUT2D eigenvalue weighted by Gasteiger charge is 2.17. The van der Waals surface area contributed by atoms with Gasteiger partial charge in [-0.25, -0.2) is 4.98 Å². The molecule has 0 fully saturated rings. The summed E-state index contributed by atoms with van der Waals surface area (Å²) in [6.07, 6.45) is 0. The van der Waals surface area contributed by atoms with E-state index in [0.717, 1.165) is 22.0 Å². The number of carbonyl (C=O) groups is 1. The fraction of sp³-hybridized carbons (Fsp3) is 0.238. The number of aryl methyl sites for hydroxylation is 1. The number of carbonyl (C=O) groups excluding carboxylic acids is 1. The zero-order valence-electron chi connectivity index (χ0n) is 14.9. The van der Waals surface area contributed by atoms with Gasteiger partial charge in [0.2, 0.25) is 5.88 Å². The second kappa shape index (κ2) is 7.97. The first-order valence-corrected chi connectivity index (χ1v) is 8.60. The molecule has 0 spiro atoms. The summed E-state index contributed by atoms with van der Waals surface area (Å²) in [5, 5.41) is 13.0. The Morgan fingerprint density at radius 1 is 1.19 bits per heavy atom. The summed E-state index contributed by atoms with van der Waals surface area (Å²) in [7, 11) is 0. The molecule has 0 radical (unpaired) electrons. The number of nitrogens with one attached hydrogen (secondary N) is 1. The van der Waals surface area contributed by atoms with Crippen LogP contribution in [0.4, 0.5) is 0 Å². The van der Waals surface area contributed by atoms with Crippen LogP contribution in [-0.4, -0.2) is 29.2 Å². The molecule has 134 valence electrons. The molecule has 3 aromatic rings. The SMILES string of the molecule is Cc1ccccc1C(=O)N[C@H](C)c1cc(OCCO)nc2ccccc12. The number of pyridine rings is 1. The van der Waals surface area contributed by atoms with Gasteiger partial charge in [0.15, 0.2) is 0 Å². The molecular weight excluding hydrogens is 328 g/mol. The van der Waals surface area contributed by atoms with Crippen molar-refractivity contribution in [3.63, 3.8) is 0 Å². The van der Waals surface area contributed by atoms with Gasteiger partial charge in [-0.2, -0.15) is 0 Å². The fourth-order valence-electron chi connectivity index (χ4n) is 2.94. The minimum atomic E-state index is -0.230. The predicted molar refractivity (Wildman–Crippen MR) is 101 cm³/mol. The highest BCUT2D eigenvalue weighted by molar-refractivity contribution is 5.96. The Kier molecular flexibility index (Phi) is 5.49. The van der Waals surface area contributed by atoms with Crippen molar-refractivity contribution >= 4 is 16.8 Å². The standard InChI is InChI=1S/C21H22N2O3/c1-14-7-3-4-8-16(14)21(25)22-15(2)18-13-20(26-12-11-24)23-19-10-6-5-9-17(18)19/h3-10,13,15,24H,11-12H2,1-2H3,(H,22,25)/t15-/m1/s1. The van der Waals surface area contributed by atoms with Gasteiger partial charge in [0.1, 0.15) is 6.61 Å². The first kappa shape index (κ1) is 17.9. The average molecular weight is 350 g/mol. The molecule has 0 bridgehead atoms. The molecule has 0 saturated heterocycles. The Morgan fingerprint density at radius 2 is 1.92 bits per heavy atom. The Bertz CT molecular complexity index is 924. The van der Waals surface area contributed by atoms with Crippen molar-refractivity contribution in [2.45, 2.75) is 19.9 Å². The van der Waals surface area contributed by atoms with Crippen LogP contribution in [0.2, 0.25) is 0 Å². The van der Waals surface area contributed by atoms with Gasteiger partial charge in [0.05, 0.1) is 18.2 Å². The lowest BCUT2D eigenvalue weighted by Crippen LogP contribution is -2.27. The van der Waals surface area contributed by atoms with Gasteiger partial charge >= 0.3 is 0 Å². The molecule has 0 aliphatic carbocycles. The number of nitrogens with zero attached hydrogens (tertiary/aromatic N) is 1. The number of fused-ring (bicyclic) bond motifs is 1. The minimum absolute atomic E-state index is 0.0799. The van der Waals surface area contributed by atoms with Crippen LogP contribution >= 0.6 is 0 Å². The van der Waals surface area contributed by atoms with Gasteiger partial charge in [-0.3, -0.25) is 4.79 Å². The molecule has 3 rings (SSSR count). The number of hydrogen-bond acceptors (Lipinski definition) is 4. The average Bonchev–Trinajstić information content (AvgIpc) is 2.65. The fourth-order valence-corrected chi connectivity index (χ4v) is 2.94. The van der Waals surface area contributed by atoms with E-state index in [0.29, 0.717) is 11.4 Å². The highest BCUT2D eigenvalue weighted by atomic mass is 16.5. The number of aliphatic hydroxyl groups is 1. The number of rotatable bonds is 6. The number of ether oxygens (including phenoxy) is 1. The van der Waals surface area contributed by atoms with Crippen LogP contribution in [0.5, 0.6) is 5.88 Å². The Hall–Kier alpha value is -2.92. The molecule has 2 aromatic carbocycles. The van der Waals surface area contributed by atoms with Crippen LogP contribution in [0, 0.1) is 6.92 Å². The van der Waals surface area contributed by atoms with E-state index in [2.05, 4.69) is 10.3 Å². The number of aliphatic hydroxyl groups excluding tert-OH is 1. The van der Waals surface area contributed by atoms with Gasteiger partial charge < -0.3 is 15.2 Å². The third-order valence-electron chi connectivity index (χ3n) is 4.27. The summed E-state index contributed by atoms with van der Waals surface area (Å²) in [6, 6.07) is 16.8. The molecule has 0 aliphatic rings. The largest absolute Gasteiger partial charge is 0.475 e. The Labute approximate surface area is 152 Å². The number of amides is 1. The van der Waals surface area contributed by atoms with Gasteiger partial charge in [-0.1, -0.05) is 36.4 Å². The van der Waals surface area contributed by atoms with Crippen molar-refractivity contribution in [2.24, 2.45) is 0 Å². The predicted octanol–water partition coefficient (Wildman–Crippen LogP) is 3.41. The van der Waals surface area contributed by atoms with Crippen molar-refractivity contribution in [3.8, 4) is 5.88 Å². The second-order valence-corrected chi connectivity index (χ2v) is 6.15.